The van der Waals surface area contributed by atoms with Crippen molar-refractivity contribution >= 4 is 23.2 Å². The van der Waals surface area contributed by atoms with Crippen LogP contribution in [0.1, 0.15) is 18.9 Å². The predicted molar refractivity (Wildman–Crippen MR) is 93.3 cm³/mol. The third-order valence-corrected chi connectivity index (χ3v) is 3.94. The summed E-state index contributed by atoms with van der Waals surface area (Å²) < 4.78 is 5.71. The molecule has 2 aromatic rings. The van der Waals surface area contributed by atoms with Crippen molar-refractivity contribution < 1.29 is 14.3 Å². The summed E-state index contributed by atoms with van der Waals surface area (Å²) in [5.41, 5.74) is 1.80. The normalized spacial score (nSPS) is 14.6. The number of nitrogens with one attached hydrogen (secondary N) is 1. The average molecular weight is 335 g/mol. The molecule has 3 rings (SSSR count). The van der Waals surface area contributed by atoms with E-state index < -0.39 is 6.10 Å². The van der Waals surface area contributed by atoms with Gasteiger partial charge in [-0.1, -0.05) is 12.1 Å². The molecule has 0 bridgehead atoms. The van der Waals surface area contributed by atoms with Crippen LogP contribution in [0.2, 0.25) is 0 Å². The highest BCUT2D eigenvalue weighted by Gasteiger charge is 2.28. The molecule has 126 valence electrons. The smallest absolute Gasteiger partial charge is 0.267 e. The Labute approximate surface area is 145 Å². The summed E-state index contributed by atoms with van der Waals surface area (Å²) in [7, 11) is 0. The van der Waals surface area contributed by atoms with Crippen LogP contribution in [-0.4, -0.2) is 24.5 Å². The maximum absolute atomic E-state index is 12.9. The van der Waals surface area contributed by atoms with Crippen molar-refractivity contribution in [2.75, 3.05) is 16.8 Å². The second-order valence-corrected chi connectivity index (χ2v) is 5.70. The number of para-hydroxylation sites is 2. The molecule has 1 aliphatic heterocycles. The van der Waals surface area contributed by atoms with Crippen LogP contribution in [0.5, 0.6) is 5.75 Å². The highest BCUT2D eigenvalue weighted by atomic mass is 16.5. The van der Waals surface area contributed by atoms with Crippen LogP contribution in [0.3, 0.4) is 0 Å². The molecule has 1 aliphatic rings. The minimum absolute atomic E-state index is 0.122. The molecule has 1 N–H and O–H groups in total. The third-order valence-electron chi connectivity index (χ3n) is 3.94. The maximum atomic E-state index is 12.9. The molecule has 6 nitrogen and oxygen atoms in total. The number of nitrogens with zero attached hydrogens (tertiary/aromatic N) is 2. The van der Waals surface area contributed by atoms with Gasteiger partial charge in [-0.2, -0.15) is 5.26 Å². The predicted octanol–water partition coefficient (Wildman–Crippen LogP) is 2.70. The number of carbonyl (C=O) groups is 2. The van der Waals surface area contributed by atoms with Crippen LogP contribution < -0.4 is 15.0 Å². The average Bonchev–Trinajstić information content (AvgIpc) is 2.80. The molecule has 0 radical (unpaired) electrons. The first-order chi connectivity index (χ1) is 12.1. The largest absolute Gasteiger partial charge is 0.481 e. The molecule has 0 spiro atoms. The lowest BCUT2D eigenvalue weighted by molar-refractivity contribution is -0.124. The fourth-order valence-corrected chi connectivity index (χ4v) is 2.67. The van der Waals surface area contributed by atoms with Crippen molar-refractivity contribution in [1.29, 1.82) is 5.26 Å². The van der Waals surface area contributed by atoms with E-state index in [1.54, 1.807) is 48.2 Å². The van der Waals surface area contributed by atoms with E-state index in [-0.39, 0.29) is 18.2 Å². The Bertz CT molecular complexity index is 840. The fourth-order valence-electron chi connectivity index (χ4n) is 2.67. The summed E-state index contributed by atoms with van der Waals surface area (Å²) in [6.07, 6.45) is -0.501. The molecule has 0 aliphatic carbocycles. The van der Waals surface area contributed by atoms with Crippen LogP contribution in [-0.2, 0) is 9.59 Å². The number of hydrogen-bond donors (Lipinski definition) is 1. The molecule has 0 saturated heterocycles. The molecule has 0 fully saturated rings. The van der Waals surface area contributed by atoms with Crippen LogP contribution in [0.4, 0.5) is 11.4 Å². The number of anilines is 2. The summed E-state index contributed by atoms with van der Waals surface area (Å²) in [6, 6.07) is 15.8. The summed E-state index contributed by atoms with van der Waals surface area (Å²) in [6.45, 7) is 1.96. The van der Waals surface area contributed by atoms with Crippen molar-refractivity contribution in [1.82, 2.24) is 0 Å². The second kappa shape index (κ2) is 7.05. The number of benzene rings is 2. The van der Waals surface area contributed by atoms with E-state index in [2.05, 4.69) is 5.32 Å². The quantitative estimate of drug-likeness (QED) is 0.935. The monoisotopic (exact) mass is 335 g/mol. The molecule has 2 aromatic carbocycles. The summed E-state index contributed by atoms with van der Waals surface area (Å²) in [5, 5.41) is 11.6. The fraction of sp³-hybridized carbons (Fsp3) is 0.211. The molecule has 6 heteroatoms. The molecule has 25 heavy (non-hydrogen) atoms. The number of ether oxygens (including phenoxy) is 1. The number of amides is 2. The number of fused-ring (bicyclic) bond motifs is 1. The maximum Gasteiger partial charge on any atom is 0.267 e. The zero-order chi connectivity index (χ0) is 17.8. The van der Waals surface area contributed by atoms with Gasteiger partial charge in [0.1, 0.15) is 5.75 Å². The van der Waals surface area contributed by atoms with Crippen LogP contribution in [0, 0.1) is 11.3 Å². The van der Waals surface area contributed by atoms with E-state index in [1.807, 2.05) is 18.2 Å². The van der Waals surface area contributed by atoms with Gasteiger partial charge < -0.3 is 15.0 Å². The first kappa shape index (κ1) is 16.5. The molecule has 2 amide bonds. The van der Waals surface area contributed by atoms with Crippen molar-refractivity contribution in [2.45, 2.75) is 19.4 Å². The minimum Gasteiger partial charge on any atom is -0.481 e. The van der Waals surface area contributed by atoms with Crippen molar-refractivity contribution in [3.63, 3.8) is 0 Å². The summed E-state index contributed by atoms with van der Waals surface area (Å²) >= 11 is 0. The zero-order valence-corrected chi connectivity index (χ0v) is 13.7. The highest BCUT2D eigenvalue weighted by molar-refractivity contribution is 6.05. The van der Waals surface area contributed by atoms with Crippen LogP contribution >= 0.6 is 0 Å². The zero-order valence-electron chi connectivity index (χ0n) is 13.7. The molecule has 0 aromatic heterocycles. The van der Waals surface area contributed by atoms with Gasteiger partial charge in [0.15, 0.2) is 6.10 Å². The van der Waals surface area contributed by atoms with Gasteiger partial charge in [0.05, 0.1) is 23.0 Å². The van der Waals surface area contributed by atoms with Gasteiger partial charge in [0.2, 0.25) is 5.91 Å². The van der Waals surface area contributed by atoms with Crippen molar-refractivity contribution in [2.24, 2.45) is 0 Å². The Morgan fingerprint density at radius 3 is 2.68 bits per heavy atom. The Kier molecular flexibility index (Phi) is 4.66. The molecule has 0 saturated carbocycles. The minimum atomic E-state index is -0.728. The van der Waals surface area contributed by atoms with Gasteiger partial charge in [-0.25, -0.2) is 0 Å². The number of hydrogen-bond acceptors (Lipinski definition) is 4. The standard InChI is InChI=1S/C19H17N3O3/c1-13(25-15-8-6-14(12-20)7-9-15)19(24)22-11-10-18(23)21-16-4-2-3-5-17(16)22/h2-9,13H,10-11H2,1H3,(H,21,23). The number of nitriles is 1. The molecular formula is C19H17N3O3. The van der Waals surface area contributed by atoms with Crippen molar-refractivity contribution in [3.8, 4) is 11.8 Å². The molecular weight excluding hydrogens is 318 g/mol. The van der Waals surface area contributed by atoms with Gasteiger partial charge >= 0.3 is 0 Å². The number of carbonyl (C=O) groups excluding carboxylic acids is 2. The van der Waals surface area contributed by atoms with E-state index >= 15 is 0 Å². The van der Waals surface area contributed by atoms with E-state index in [4.69, 9.17) is 10.00 Å². The van der Waals surface area contributed by atoms with E-state index in [0.717, 1.165) is 0 Å². The Balaban J connectivity index is 1.79. The Hall–Kier alpha value is -3.33. The van der Waals surface area contributed by atoms with Crippen LogP contribution in [0.15, 0.2) is 48.5 Å². The first-order valence-corrected chi connectivity index (χ1v) is 7.95. The number of rotatable bonds is 3. The van der Waals surface area contributed by atoms with Gasteiger partial charge in [-0.15, -0.1) is 0 Å². The van der Waals surface area contributed by atoms with Gasteiger partial charge in [-0.05, 0) is 43.3 Å². The third kappa shape index (κ3) is 3.61. The van der Waals surface area contributed by atoms with E-state index in [9.17, 15) is 9.59 Å². The molecule has 1 atom stereocenters. The lowest BCUT2D eigenvalue weighted by atomic mass is 10.2. The molecule has 1 heterocycles. The first-order valence-electron chi connectivity index (χ1n) is 7.95. The Morgan fingerprint density at radius 1 is 1.24 bits per heavy atom. The SMILES string of the molecule is CC(Oc1ccc(C#N)cc1)C(=O)N1CCC(=O)Nc2ccccc21. The van der Waals surface area contributed by atoms with Crippen LogP contribution in [0.25, 0.3) is 0 Å². The lowest BCUT2D eigenvalue weighted by Crippen LogP contribution is -2.41. The van der Waals surface area contributed by atoms with Gasteiger partial charge in [0.25, 0.3) is 5.91 Å². The molecule has 1 unspecified atom stereocenters. The second-order valence-electron chi connectivity index (χ2n) is 5.70. The van der Waals surface area contributed by atoms with E-state index in [0.29, 0.717) is 29.2 Å². The van der Waals surface area contributed by atoms with Gasteiger partial charge in [0, 0.05) is 13.0 Å². The highest BCUT2D eigenvalue weighted by Crippen LogP contribution is 2.29. The summed E-state index contributed by atoms with van der Waals surface area (Å²) in [4.78, 5) is 26.3. The Morgan fingerprint density at radius 2 is 1.96 bits per heavy atom. The van der Waals surface area contributed by atoms with E-state index in [1.165, 1.54) is 0 Å². The topological polar surface area (TPSA) is 82.4 Å². The van der Waals surface area contributed by atoms with Gasteiger partial charge in [-0.3, -0.25) is 9.59 Å². The lowest BCUT2D eigenvalue weighted by Gasteiger charge is -2.25. The van der Waals surface area contributed by atoms with Crippen molar-refractivity contribution in [3.05, 3.63) is 54.1 Å². The summed E-state index contributed by atoms with van der Waals surface area (Å²) in [5.74, 6) is 0.161.